The van der Waals surface area contributed by atoms with E-state index in [2.05, 4.69) is 20.7 Å². The van der Waals surface area contributed by atoms with Gasteiger partial charge in [-0.1, -0.05) is 48.5 Å². The number of tetrazole rings is 1. The maximum absolute atomic E-state index is 14.1. The first kappa shape index (κ1) is 26.0. The number of nitrogens with one attached hydrogen (secondary N) is 1. The minimum absolute atomic E-state index is 0.0334. The average molecular weight is 569 g/mol. The van der Waals surface area contributed by atoms with Crippen LogP contribution >= 0.6 is 11.3 Å². The summed E-state index contributed by atoms with van der Waals surface area (Å²) >= 11 is 1.46. The lowest BCUT2D eigenvalue weighted by atomic mass is 10.0. The molecule has 41 heavy (non-hydrogen) atoms. The topological polar surface area (TPSA) is 132 Å². The lowest BCUT2D eigenvalue weighted by Crippen LogP contribution is -2.45. The summed E-state index contributed by atoms with van der Waals surface area (Å²) in [7, 11) is 0. The number of carbonyl (C=O) groups is 2. The Bertz CT molecular complexity index is 1660. The predicted octanol–water partition coefficient (Wildman–Crippen LogP) is 3.93. The van der Waals surface area contributed by atoms with Crippen molar-refractivity contribution < 1.29 is 24.2 Å². The zero-order chi connectivity index (χ0) is 28.2. The number of thiophene rings is 1. The molecule has 1 aliphatic rings. The van der Waals surface area contributed by atoms with Gasteiger partial charge in [-0.15, -0.1) is 21.5 Å². The van der Waals surface area contributed by atoms with Crippen molar-refractivity contribution in [3.63, 3.8) is 0 Å². The maximum atomic E-state index is 14.1. The summed E-state index contributed by atoms with van der Waals surface area (Å²) in [6, 6.07) is 23.3. The lowest BCUT2D eigenvalue weighted by Gasteiger charge is -2.31. The third kappa shape index (κ3) is 5.72. The van der Waals surface area contributed by atoms with Gasteiger partial charge in [0.15, 0.2) is 11.5 Å². The fourth-order valence-corrected chi connectivity index (χ4v) is 5.09. The molecule has 1 unspecified atom stereocenters. The number of anilines is 1. The first-order chi connectivity index (χ1) is 20.0. The standard InChI is InChI=1S/C29H24N6O5S/c36-22-11-8-20(9-12-22)27(29(38)30-16-19-5-2-1-3-6-19)35(21-10-13-23-24(15-21)40-18-39-23)26(37)17-34-32-28(31-33-34)25-7-4-14-41-25/h1-15,27,36H,16-18H2,(H,30,38). The molecule has 5 aromatic rings. The largest absolute Gasteiger partial charge is 0.508 e. The fourth-order valence-electron chi connectivity index (χ4n) is 4.44. The van der Waals surface area contributed by atoms with Crippen LogP contribution in [0.25, 0.3) is 10.7 Å². The highest BCUT2D eigenvalue weighted by atomic mass is 32.1. The van der Waals surface area contributed by atoms with E-state index >= 15 is 0 Å². The number of phenolic OH excluding ortho intramolecular Hbond substituents is 1. The van der Waals surface area contributed by atoms with Crippen LogP contribution < -0.4 is 19.7 Å². The van der Waals surface area contributed by atoms with Crippen LogP contribution in [0.1, 0.15) is 17.2 Å². The third-order valence-electron chi connectivity index (χ3n) is 6.40. The van der Waals surface area contributed by atoms with Crippen molar-refractivity contribution in [2.24, 2.45) is 0 Å². The van der Waals surface area contributed by atoms with Crippen LogP contribution in [0.15, 0.2) is 90.3 Å². The summed E-state index contributed by atoms with van der Waals surface area (Å²) in [6.45, 7) is 0.0274. The molecule has 6 rings (SSSR count). The van der Waals surface area contributed by atoms with E-state index in [1.54, 1.807) is 30.3 Å². The second kappa shape index (κ2) is 11.5. The van der Waals surface area contributed by atoms with Crippen LogP contribution in [0.2, 0.25) is 0 Å². The van der Waals surface area contributed by atoms with Crippen molar-refractivity contribution in [3.05, 3.63) is 101 Å². The molecule has 2 amide bonds. The monoisotopic (exact) mass is 568 g/mol. The Morgan fingerprint density at radius 1 is 1.00 bits per heavy atom. The van der Waals surface area contributed by atoms with Crippen LogP contribution in [0.3, 0.4) is 0 Å². The summed E-state index contributed by atoms with van der Waals surface area (Å²) in [5, 5.41) is 27.3. The Hall–Kier alpha value is -5.23. The first-order valence-corrected chi connectivity index (χ1v) is 13.6. The number of phenols is 1. The van der Waals surface area contributed by atoms with E-state index in [9.17, 15) is 14.7 Å². The zero-order valence-corrected chi connectivity index (χ0v) is 22.4. The van der Waals surface area contributed by atoms with Crippen molar-refractivity contribution >= 4 is 28.8 Å². The molecule has 1 aliphatic heterocycles. The van der Waals surface area contributed by atoms with E-state index in [1.807, 2.05) is 47.8 Å². The SMILES string of the molecule is O=C(NCc1ccccc1)C(c1ccc(O)cc1)N(C(=O)Cn1nnc(-c2cccs2)n1)c1ccc2c(c1)OCO2. The number of fused-ring (bicyclic) bond motifs is 1. The number of hydrogen-bond acceptors (Lipinski definition) is 9. The van der Waals surface area contributed by atoms with E-state index in [0.29, 0.717) is 28.6 Å². The first-order valence-electron chi connectivity index (χ1n) is 12.7. The molecule has 0 saturated carbocycles. The normalized spacial score (nSPS) is 12.6. The molecule has 3 aromatic carbocycles. The molecule has 0 saturated heterocycles. The smallest absolute Gasteiger partial charge is 0.251 e. The Morgan fingerprint density at radius 2 is 1.80 bits per heavy atom. The molecule has 12 heteroatoms. The molecule has 0 spiro atoms. The number of hydrogen-bond donors (Lipinski definition) is 2. The van der Waals surface area contributed by atoms with Crippen LogP contribution in [-0.2, 0) is 22.7 Å². The summed E-state index contributed by atoms with van der Waals surface area (Å²) < 4.78 is 11.0. The number of amides is 2. The Labute approximate surface area is 238 Å². The molecular formula is C29H24N6O5S. The van der Waals surface area contributed by atoms with E-state index in [0.717, 1.165) is 10.4 Å². The number of nitrogens with zero attached hydrogens (tertiary/aromatic N) is 5. The summed E-state index contributed by atoms with van der Waals surface area (Å²) in [5.41, 5.74) is 1.80. The summed E-state index contributed by atoms with van der Waals surface area (Å²) in [6.07, 6.45) is 0. The van der Waals surface area contributed by atoms with E-state index in [-0.39, 0.29) is 25.6 Å². The van der Waals surface area contributed by atoms with Gasteiger partial charge < -0.3 is 19.9 Å². The summed E-state index contributed by atoms with van der Waals surface area (Å²) in [5.74, 6) is 0.537. The van der Waals surface area contributed by atoms with Gasteiger partial charge in [-0.3, -0.25) is 14.5 Å². The highest BCUT2D eigenvalue weighted by Gasteiger charge is 2.34. The van der Waals surface area contributed by atoms with Crippen molar-refractivity contribution in [1.82, 2.24) is 25.5 Å². The van der Waals surface area contributed by atoms with Crippen molar-refractivity contribution in [3.8, 4) is 28.0 Å². The van der Waals surface area contributed by atoms with Gasteiger partial charge in [0.1, 0.15) is 18.3 Å². The number of aromatic nitrogens is 4. The zero-order valence-electron chi connectivity index (χ0n) is 21.6. The quantitative estimate of drug-likeness (QED) is 0.274. The fraction of sp³-hybridized carbons (Fsp3) is 0.138. The lowest BCUT2D eigenvalue weighted by molar-refractivity contribution is -0.127. The highest BCUT2D eigenvalue weighted by Crippen LogP contribution is 2.38. The molecule has 0 radical (unpaired) electrons. The van der Waals surface area contributed by atoms with Gasteiger partial charge in [0.25, 0.3) is 5.91 Å². The minimum atomic E-state index is -1.10. The molecule has 0 aliphatic carbocycles. The second-order valence-electron chi connectivity index (χ2n) is 9.12. The molecule has 0 fully saturated rings. The number of aromatic hydroxyl groups is 1. The van der Waals surface area contributed by atoms with Crippen LogP contribution in [-0.4, -0.2) is 43.9 Å². The predicted molar refractivity (Wildman–Crippen MR) is 150 cm³/mol. The van der Waals surface area contributed by atoms with E-state index < -0.39 is 17.9 Å². The van der Waals surface area contributed by atoms with Gasteiger partial charge in [-0.05, 0) is 52.1 Å². The minimum Gasteiger partial charge on any atom is -0.508 e. The van der Waals surface area contributed by atoms with Gasteiger partial charge in [-0.2, -0.15) is 4.80 Å². The Balaban J connectivity index is 1.37. The maximum Gasteiger partial charge on any atom is 0.251 e. The molecule has 206 valence electrons. The van der Waals surface area contributed by atoms with E-state index in [4.69, 9.17) is 9.47 Å². The molecule has 11 nitrogen and oxygen atoms in total. The molecule has 2 aromatic heterocycles. The van der Waals surface area contributed by atoms with Crippen molar-refractivity contribution in [1.29, 1.82) is 0 Å². The Kier molecular flexibility index (Phi) is 7.28. The van der Waals surface area contributed by atoms with Gasteiger partial charge in [-0.25, -0.2) is 0 Å². The molecule has 2 N–H and O–H groups in total. The van der Waals surface area contributed by atoms with Gasteiger partial charge in [0, 0.05) is 18.3 Å². The Morgan fingerprint density at radius 3 is 2.59 bits per heavy atom. The number of benzene rings is 3. The van der Waals surface area contributed by atoms with Gasteiger partial charge >= 0.3 is 0 Å². The van der Waals surface area contributed by atoms with Gasteiger partial charge in [0.05, 0.1) is 4.88 Å². The van der Waals surface area contributed by atoms with Crippen LogP contribution in [0.4, 0.5) is 5.69 Å². The van der Waals surface area contributed by atoms with Gasteiger partial charge in [0.2, 0.25) is 18.5 Å². The number of rotatable bonds is 9. The van der Waals surface area contributed by atoms with Crippen LogP contribution in [0, 0.1) is 0 Å². The molecule has 0 bridgehead atoms. The second-order valence-corrected chi connectivity index (χ2v) is 10.1. The summed E-state index contributed by atoms with van der Waals surface area (Å²) in [4.78, 5) is 31.4. The average Bonchev–Trinajstić information content (AvgIpc) is 3.78. The highest BCUT2D eigenvalue weighted by molar-refractivity contribution is 7.13. The number of carbonyl (C=O) groups excluding carboxylic acids is 2. The van der Waals surface area contributed by atoms with Crippen LogP contribution in [0.5, 0.6) is 17.2 Å². The van der Waals surface area contributed by atoms with Crippen molar-refractivity contribution in [2.75, 3.05) is 11.7 Å². The van der Waals surface area contributed by atoms with E-state index in [1.165, 1.54) is 33.2 Å². The molecular weight excluding hydrogens is 544 g/mol. The third-order valence-corrected chi connectivity index (χ3v) is 7.26. The van der Waals surface area contributed by atoms with Crippen molar-refractivity contribution in [2.45, 2.75) is 19.1 Å². The molecule has 3 heterocycles. The number of ether oxygens (including phenoxy) is 2. The molecule has 1 atom stereocenters.